The van der Waals surface area contributed by atoms with Crippen molar-refractivity contribution in [1.82, 2.24) is 14.9 Å². The van der Waals surface area contributed by atoms with E-state index < -0.39 is 0 Å². The average Bonchev–Trinajstić information content (AvgIpc) is 3.06. The number of rotatable bonds is 8. The molecule has 3 rings (SSSR count). The number of nitrogens with one attached hydrogen (secondary N) is 1. The van der Waals surface area contributed by atoms with Gasteiger partial charge in [0, 0.05) is 18.7 Å². The molecule has 0 aliphatic rings. The van der Waals surface area contributed by atoms with Gasteiger partial charge in [0.2, 0.25) is 5.91 Å². The number of thioether (sulfide) groups is 1. The van der Waals surface area contributed by atoms with Crippen LogP contribution in [0.25, 0.3) is 11.0 Å². The summed E-state index contributed by atoms with van der Waals surface area (Å²) in [5, 5.41) is 12.6. The Hall–Kier alpha value is -2.98. The first-order valence-corrected chi connectivity index (χ1v) is 9.55. The lowest BCUT2D eigenvalue weighted by Gasteiger charge is -2.10. The Balaban J connectivity index is 1.64. The first kappa shape index (κ1) is 18.8. The third kappa shape index (κ3) is 4.60. The monoisotopic (exact) mass is 380 g/mol. The molecule has 0 spiro atoms. The molecular weight excluding hydrogens is 360 g/mol. The molecule has 0 aliphatic carbocycles. The Labute approximate surface area is 162 Å². The standard InChI is InChI=1S/C20H20N4O2S/c1-26-18-10-5-2-7-15(18)13-22-19(25)14-27-20-23-16-8-3-4-9-17(16)24(20)12-6-11-21/h2-5,7-10H,6,12-14H2,1H3,(H,22,25). The molecule has 138 valence electrons. The van der Waals surface area contributed by atoms with Gasteiger partial charge in [0.15, 0.2) is 5.16 Å². The third-order valence-electron chi connectivity index (χ3n) is 4.07. The molecule has 0 bridgehead atoms. The molecule has 0 fully saturated rings. The summed E-state index contributed by atoms with van der Waals surface area (Å²) < 4.78 is 7.29. The van der Waals surface area contributed by atoms with Crippen LogP contribution in [-0.4, -0.2) is 28.3 Å². The molecule has 0 aliphatic heterocycles. The number of imidazole rings is 1. The number of methoxy groups -OCH3 is 1. The van der Waals surface area contributed by atoms with E-state index in [1.54, 1.807) is 7.11 Å². The summed E-state index contributed by atoms with van der Waals surface area (Å²) in [4.78, 5) is 16.9. The quantitative estimate of drug-likeness (QED) is 0.606. The number of hydrogen-bond acceptors (Lipinski definition) is 5. The van der Waals surface area contributed by atoms with E-state index in [0.717, 1.165) is 27.5 Å². The zero-order valence-corrected chi connectivity index (χ0v) is 15.8. The van der Waals surface area contributed by atoms with Gasteiger partial charge < -0.3 is 14.6 Å². The number of aryl methyl sites for hydroxylation is 1. The minimum Gasteiger partial charge on any atom is -0.496 e. The lowest BCUT2D eigenvalue weighted by atomic mass is 10.2. The molecule has 27 heavy (non-hydrogen) atoms. The van der Waals surface area contributed by atoms with Crippen molar-refractivity contribution in [3.8, 4) is 11.8 Å². The fraction of sp³-hybridized carbons (Fsp3) is 0.250. The lowest BCUT2D eigenvalue weighted by molar-refractivity contribution is -0.118. The van der Waals surface area contributed by atoms with Crippen molar-refractivity contribution in [2.75, 3.05) is 12.9 Å². The highest BCUT2D eigenvalue weighted by Gasteiger charge is 2.13. The highest BCUT2D eigenvalue weighted by atomic mass is 32.2. The Morgan fingerprint density at radius 1 is 1.26 bits per heavy atom. The van der Waals surface area contributed by atoms with Gasteiger partial charge in [-0.3, -0.25) is 4.79 Å². The van der Waals surface area contributed by atoms with Gasteiger partial charge in [0.1, 0.15) is 5.75 Å². The zero-order valence-electron chi connectivity index (χ0n) is 15.0. The fourth-order valence-corrected chi connectivity index (χ4v) is 3.64. The van der Waals surface area contributed by atoms with E-state index in [1.165, 1.54) is 11.8 Å². The minimum absolute atomic E-state index is 0.0789. The van der Waals surface area contributed by atoms with E-state index in [1.807, 2.05) is 53.1 Å². The Morgan fingerprint density at radius 3 is 2.85 bits per heavy atom. The number of nitrogens with zero attached hydrogens (tertiary/aromatic N) is 3. The van der Waals surface area contributed by atoms with Crippen LogP contribution in [-0.2, 0) is 17.9 Å². The van der Waals surface area contributed by atoms with Crippen molar-refractivity contribution in [3.05, 3.63) is 54.1 Å². The smallest absolute Gasteiger partial charge is 0.230 e. The van der Waals surface area contributed by atoms with Crippen LogP contribution in [0.3, 0.4) is 0 Å². The van der Waals surface area contributed by atoms with Gasteiger partial charge in [0.25, 0.3) is 0 Å². The van der Waals surface area contributed by atoms with Crippen molar-refractivity contribution < 1.29 is 9.53 Å². The van der Waals surface area contributed by atoms with Crippen LogP contribution < -0.4 is 10.1 Å². The molecule has 1 aromatic heterocycles. The number of ether oxygens (including phenoxy) is 1. The predicted molar refractivity (Wildman–Crippen MR) is 106 cm³/mol. The average molecular weight is 380 g/mol. The number of amides is 1. The molecule has 1 heterocycles. The Morgan fingerprint density at radius 2 is 2.04 bits per heavy atom. The summed E-state index contributed by atoms with van der Waals surface area (Å²) in [5.74, 6) is 0.930. The predicted octanol–water partition coefficient (Wildman–Crippen LogP) is 3.37. The second-order valence-corrected chi connectivity index (χ2v) is 6.76. The number of hydrogen-bond donors (Lipinski definition) is 1. The van der Waals surface area contributed by atoms with Gasteiger partial charge in [0.05, 0.1) is 36.4 Å². The SMILES string of the molecule is COc1ccccc1CNC(=O)CSc1nc2ccccc2n1CCC#N. The first-order valence-electron chi connectivity index (χ1n) is 8.56. The first-order chi connectivity index (χ1) is 13.2. The van der Waals surface area contributed by atoms with E-state index >= 15 is 0 Å². The van der Waals surface area contributed by atoms with Gasteiger partial charge in [-0.2, -0.15) is 5.26 Å². The molecule has 2 aromatic carbocycles. The van der Waals surface area contributed by atoms with Crippen LogP contribution in [0, 0.1) is 11.3 Å². The number of aromatic nitrogens is 2. The van der Waals surface area contributed by atoms with E-state index in [0.29, 0.717) is 19.5 Å². The molecule has 3 aromatic rings. The maximum absolute atomic E-state index is 12.3. The van der Waals surface area contributed by atoms with Crippen LogP contribution in [0.4, 0.5) is 0 Å². The molecule has 1 N–H and O–H groups in total. The molecule has 0 saturated carbocycles. The maximum Gasteiger partial charge on any atom is 0.230 e. The molecule has 6 nitrogen and oxygen atoms in total. The largest absolute Gasteiger partial charge is 0.496 e. The Bertz CT molecular complexity index is 978. The number of carbonyl (C=O) groups excluding carboxylic acids is 1. The highest BCUT2D eigenvalue weighted by Crippen LogP contribution is 2.24. The number of nitriles is 1. The number of carbonyl (C=O) groups is 1. The highest BCUT2D eigenvalue weighted by molar-refractivity contribution is 7.99. The van der Waals surface area contributed by atoms with Crippen molar-refractivity contribution in [3.63, 3.8) is 0 Å². The molecule has 0 radical (unpaired) electrons. The van der Waals surface area contributed by atoms with Crippen LogP contribution in [0.1, 0.15) is 12.0 Å². The van der Waals surface area contributed by atoms with E-state index in [9.17, 15) is 4.79 Å². The van der Waals surface area contributed by atoms with Crippen molar-refractivity contribution >= 4 is 28.7 Å². The van der Waals surface area contributed by atoms with Gasteiger partial charge in [-0.25, -0.2) is 4.98 Å². The van der Waals surface area contributed by atoms with Crippen molar-refractivity contribution in [2.24, 2.45) is 0 Å². The summed E-state index contributed by atoms with van der Waals surface area (Å²) in [5.41, 5.74) is 2.77. The van der Waals surface area contributed by atoms with Gasteiger partial charge >= 0.3 is 0 Å². The van der Waals surface area contributed by atoms with Crippen molar-refractivity contribution in [1.29, 1.82) is 5.26 Å². The molecule has 0 unspecified atom stereocenters. The second kappa shape index (κ2) is 9.10. The molecule has 0 atom stereocenters. The Kier molecular flexibility index (Phi) is 6.34. The number of fused-ring (bicyclic) bond motifs is 1. The van der Waals surface area contributed by atoms with Crippen LogP contribution >= 0.6 is 11.8 Å². The molecule has 7 heteroatoms. The van der Waals surface area contributed by atoms with Crippen molar-refractivity contribution in [2.45, 2.75) is 24.7 Å². The van der Waals surface area contributed by atoms with Crippen LogP contribution in [0.2, 0.25) is 0 Å². The van der Waals surface area contributed by atoms with E-state index in [-0.39, 0.29) is 11.7 Å². The van der Waals surface area contributed by atoms with Gasteiger partial charge in [-0.05, 0) is 18.2 Å². The maximum atomic E-state index is 12.3. The second-order valence-electron chi connectivity index (χ2n) is 5.82. The minimum atomic E-state index is -0.0789. The molecular formula is C20H20N4O2S. The molecule has 0 saturated heterocycles. The summed E-state index contributed by atoms with van der Waals surface area (Å²) in [6.45, 7) is 0.969. The summed E-state index contributed by atoms with van der Waals surface area (Å²) in [7, 11) is 1.61. The zero-order chi connectivity index (χ0) is 19.1. The molecule has 1 amide bonds. The third-order valence-corrected chi connectivity index (χ3v) is 5.04. The number of para-hydroxylation sites is 3. The van der Waals surface area contributed by atoms with Gasteiger partial charge in [-0.1, -0.05) is 42.1 Å². The van der Waals surface area contributed by atoms with Crippen LogP contribution in [0.15, 0.2) is 53.7 Å². The van der Waals surface area contributed by atoms with E-state index in [2.05, 4.69) is 16.4 Å². The van der Waals surface area contributed by atoms with Gasteiger partial charge in [-0.15, -0.1) is 0 Å². The number of benzene rings is 2. The van der Waals surface area contributed by atoms with Crippen LogP contribution in [0.5, 0.6) is 5.75 Å². The van der Waals surface area contributed by atoms with E-state index in [4.69, 9.17) is 10.00 Å². The summed E-state index contributed by atoms with van der Waals surface area (Å²) >= 11 is 1.38. The normalized spacial score (nSPS) is 10.5. The lowest BCUT2D eigenvalue weighted by Crippen LogP contribution is -2.25. The summed E-state index contributed by atoms with van der Waals surface area (Å²) in [6, 6.07) is 17.6. The topological polar surface area (TPSA) is 79.9 Å². The fourth-order valence-electron chi connectivity index (χ4n) is 2.77. The summed E-state index contributed by atoms with van der Waals surface area (Å²) in [6.07, 6.45) is 0.397.